The lowest BCUT2D eigenvalue weighted by molar-refractivity contribution is 0.252. The fourth-order valence-electron chi connectivity index (χ4n) is 1.46. The van der Waals surface area contributed by atoms with Crippen molar-refractivity contribution in [3.8, 4) is 0 Å². The van der Waals surface area contributed by atoms with Gasteiger partial charge in [0.15, 0.2) is 0 Å². The number of aromatic nitrogens is 2. The molecule has 0 bridgehead atoms. The van der Waals surface area contributed by atoms with Crippen molar-refractivity contribution >= 4 is 34.7 Å². The van der Waals surface area contributed by atoms with Gasteiger partial charge in [0.05, 0.1) is 0 Å². The highest BCUT2D eigenvalue weighted by atomic mass is 35.5. The van der Waals surface area contributed by atoms with E-state index in [2.05, 4.69) is 20.8 Å². The monoisotopic (exact) mass is 296 g/mol. The Morgan fingerprint density at radius 1 is 1.42 bits per heavy atom. The van der Waals surface area contributed by atoms with E-state index in [1.54, 1.807) is 24.3 Å². The Morgan fingerprint density at radius 3 is 2.95 bits per heavy atom. The zero-order valence-electron chi connectivity index (χ0n) is 10.3. The predicted octanol–water partition coefficient (Wildman–Crippen LogP) is 2.86. The first kappa shape index (κ1) is 13.8. The number of halogens is 1. The molecule has 0 aliphatic carbocycles. The van der Waals surface area contributed by atoms with Gasteiger partial charge in [0.2, 0.25) is 0 Å². The molecule has 0 aliphatic rings. The van der Waals surface area contributed by atoms with Crippen LogP contribution in [0.2, 0.25) is 5.02 Å². The van der Waals surface area contributed by atoms with Crippen LogP contribution in [0.25, 0.3) is 0 Å². The van der Waals surface area contributed by atoms with Crippen molar-refractivity contribution in [3.05, 3.63) is 39.3 Å². The highest BCUT2D eigenvalue weighted by Gasteiger charge is 2.04. The summed E-state index contributed by atoms with van der Waals surface area (Å²) in [4.78, 5) is 11.6. The molecular formula is C12H13ClN4OS. The van der Waals surface area contributed by atoms with Crippen molar-refractivity contribution in [1.82, 2.24) is 15.5 Å². The second-order valence-electron chi connectivity index (χ2n) is 3.86. The Bertz CT molecular complexity index is 572. The Balaban J connectivity index is 1.76. The van der Waals surface area contributed by atoms with Gasteiger partial charge >= 0.3 is 6.03 Å². The Hall–Kier alpha value is -1.66. The van der Waals surface area contributed by atoms with E-state index < -0.39 is 0 Å². The average Bonchev–Trinajstić information content (AvgIpc) is 2.75. The van der Waals surface area contributed by atoms with Crippen LogP contribution >= 0.6 is 22.9 Å². The predicted molar refractivity (Wildman–Crippen MR) is 76.8 cm³/mol. The van der Waals surface area contributed by atoms with E-state index in [0.717, 1.165) is 10.0 Å². The fraction of sp³-hybridized carbons (Fsp3) is 0.250. The summed E-state index contributed by atoms with van der Waals surface area (Å²) in [6.07, 6.45) is 0.675. The molecule has 2 aromatic rings. The number of amides is 2. The first-order valence-corrected chi connectivity index (χ1v) is 6.92. The van der Waals surface area contributed by atoms with Crippen molar-refractivity contribution < 1.29 is 4.79 Å². The third-order valence-electron chi connectivity index (χ3n) is 2.27. The summed E-state index contributed by atoms with van der Waals surface area (Å²) < 4.78 is 0. The number of hydrogen-bond donors (Lipinski definition) is 2. The lowest BCUT2D eigenvalue weighted by Crippen LogP contribution is -2.30. The molecule has 1 aromatic carbocycles. The molecule has 0 atom stereocenters. The number of anilines is 1. The minimum Gasteiger partial charge on any atom is -0.337 e. The fourth-order valence-corrected chi connectivity index (χ4v) is 2.36. The third kappa shape index (κ3) is 4.50. The number of carbonyl (C=O) groups is 1. The second-order valence-corrected chi connectivity index (χ2v) is 5.56. The number of benzene rings is 1. The quantitative estimate of drug-likeness (QED) is 0.911. The van der Waals surface area contributed by atoms with Crippen LogP contribution in [0.5, 0.6) is 0 Å². The maximum Gasteiger partial charge on any atom is 0.319 e. The number of aryl methyl sites for hydroxylation is 1. The molecule has 0 aliphatic heterocycles. The standard InChI is InChI=1S/C12H13ClN4OS/c1-8-16-17-11(19-8)5-6-14-12(18)15-10-4-2-3-9(13)7-10/h2-4,7H,5-6H2,1H3,(H2,14,15,18). The zero-order valence-corrected chi connectivity index (χ0v) is 11.9. The van der Waals surface area contributed by atoms with Crippen molar-refractivity contribution in [2.45, 2.75) is 13.3 Å². The smallest absolute Gasteiger partial charge is 0.319 e. The number of urea groups is 1. The van der Waals surface area contributed by atoms with Crippen LogP contribution in [-0.4, -0.2) is 22.8 Å². The van der Waals surface area contributed by atoms with Gasteiger partial charge in [-0.1, -0.05) is 17.7 Å². The van der Waals surface area contributed by atoms with Crippen LogP contribution in [0.3, 0.4) is 0 Å². The second kappa shape index (κ2) is 6.49. The normalized spacial score (nSPS) is 10.2. The molecule has 2 amide bonds. The van der Waals surface area contributed by atoms with Crippen molar-refractivity contribution in [3.63, 3.8) is 0 Å². The van der Waals surface area contributed by atoms with Gasteiger partial charge in [-0.25, -0.2) is 4.79 Å². The third-order valence-corrected chi connectivity index (χ3v) is 3.41. The van der Waals surface area contributed by atoms with Crippen LogP contribution < -0.4 is 10.6 Å². The molecule has 1 aromatic heterocycles. The highest BCUT2D eigenvalue weighted by Crippen LogP contribution is 2.14. The Labute approximate surface area is 120 Å². The van der Waals surface area contributed by atoms with Gasteiger partial charge < -0.3 is 10.6 Å². The minimum atomic E-state index is -0.261. The van der Waals surface area contributed by atoms with Crippen molar-refractivity contribution in [2.24, 2.45) is 0 Å². The molecule has 0 radical (unpaired) electrons. The molecule has 100 valence electrons. The molecule has 19 heavy (non-hydrogen) atoms. The zero-order chi connectivity index (χ0) is 13.7. The van der Waals surface area contributed by atoms with Crippen LogP contribution in [-0.2, 0) is 6.42 Å². The Morgan fingerprint density at radius 2 is 2.26 bits per heavy atom. The molecule has 0 fully saturated rings. The maximum atomic E-state index is 11.6. The molecule has 0 saturated heterocycles. The molecule has 5 nitrogen and oxygen atoms in total. The Kier molecular flexibility index (Phi) is 4.70. The molecular weight excluding hydrogens is 284 g/mol. The summed E-state index contributed by atoms with van der Waals surface area (Å²) in [6.45, 7) is 2.42. The van der Waals surface area contributed by atoms with Gasteiger partial charge in [0, 0.05) is 23.7 Å². The summed E-state index contributed by atoms with van der Waals surface area (Å²) in [5.74, 6) is 0. The molecule has 2 N–H and O–H groups in total. The average molecular weight is 297 g/mol. The first-order chi connectivity index (χ1) is 9.13. The molecule has 7 heteroatoms. The largest absolute Gasteiger partial charge is 0.337 e. The summed E-state index contributed by atoms with van der Waals surface area (Å²) in [5.41, 5.74) is 0.664. The molecule has 1 heterocycles. The minimum absolute atomic E-state index is 0.261. The van der Waals surface area contributed by atoms with E-state index in [-0.39, 0.29) is 6.03 Å². The number of nitrogens with one attached hydrogen (secondary N) is 2. The maximum absolute atomic E-state index is 11.6. The van der Waals surface area contributed by atoms with E-state index in [4.69, 9.17) is 11.6 Å². The van der Waals surface area contributed by atoms with E-state index in [1.807, 2.05) is 6.92 Å². The lowest BCUT2D eigenvalue weighted by Gasteiger charge is -2.06. The van der Waals surface area contributed by atoms with Gasteiger partial charge in [0.1, 0.15) is 10.0 Å². The SMILES string of the molecule is Cc1nnc(CCNC(=O)Nc2cccc(Cl)c2)s1. The summed E-state index contributed by atoms with van der Waals surface area (Å²) in [6, 6.07) is 6.74. The molecule has 0 unspecified atom stereocenters. The van der Waals surface area contributed by atoms with Gasteiger partial charge in [-0.15, -0.1) is 21.5 Å². The van der Waals surface area contributed by atoms with Gasteiger partial charge in [-0.3, -0.25) is 0 Å². The summed E-state index contributed by atoms with van der Waals surface area (Å²) >= 11 is 7.36. The van der Waals surface area contributed by atoms with E-state index in [0.29, 0.717) is 23.7 Å². The summed E-state index contributed by atoms with van der Waals surface area (Å²) in [5, 5.41) is 15.8. The number of rotatable bonds is 4. The molecule has 0 saturated carbocycles. The summed E-state index contributed by atoms with van der Waals surface area (Å²) in [7, 11) is 0. The first-order valence-electron chi connectivity index (χ1n) is 5.73. The number of carbonyl (C=O) groups excluding carboxylic acids is 1. The van der Waals surface area contributed by atoms with Crippen LogP contribution in [0.4, 0.5) is 10.5 Å². The van der Waals surface area contributed by atoms with Crippen LogP contribution in [0.15, 0.2) is 24.3 Å². The lowest BCUT2D eigenvalue weighted by atomic mass is 10.3. The van der Waals surface area contributed by atoms with Gasteiger partial charge in [-0.05, 0) is 25.1 Å². The van der Waals surface area contributed by atoms with Crippen LogP contribution in [0, 0.1) is 6.92 Å². The topological polar surface area (TPSA) is 66.9 Å². The number of hydrogen-bond acceptors (Lipinski definition) is 4. The van der Waals surface area contributed by atoms with Crippen molar-refractivity contribution in [1.29, 1.82) is 0 Å². The van der Waals surface area contributed by atoms with Crippen LogP contribution in [0.1, 0.15) is 10.0 Å². The molecule has 2 rings (SSSR count). The van der Waals surface area contributed by atoms with E-state index >= 15 is 0 Å². The molecule has 0 spiro atoms. The van der Waals surface area contributed by atoms with E-state index in [1.165, 1.54) is 11.3 Å². The number of nitrogens with zero attached hydrogens (tertiary/aromatic N) is 2. The van der Waals surface area contributed by atoms with Crippen molar-refractivity contribution in [2.75, 3.05) is 11.9 Å². The van der Waals surface area contributed by atoms with Gasteiger partial charge in [0.25, 0.3) is 0 Å². The van der Waals surface area contributed by atoms with E-state index in [9.17, 15) is 4.79 Å². The van der Waals surface area contributed by atoms with Gasteiger partial charge in [-0.2, -0.15) is 0 Å². The highest BCUT2D eigenvalue weighted by molar-refractivity contribution is 7.11.